The molecule has 2 unspecified atom stereocenters. The van der Waals surface area contributed by atoms with Crippen molar-refractivity contribution in [2.45, 2.75) is 25.7 Å². The molecule has 0 aliphatic heterocycles. The fourth-order valence-corrected chi connectivity index (χ4v) is 2.51. The first kappa shape index (κ1) is 13.3. The minimum Gasteiger partial charge on any atom is -0.481 e. The molecule has 1 aromatic heterocycles. The molecule has 1 aliphatic rings. The van der Waals surface area contributed by atoms with E-state index in [1.165, 1.54) is 12.3 Å². The van der Waals surface area contributed by atoms with Crippen LogP contribution in [0.4, 0.5) is 5.95 Å². The minimum absolute atomic E-state index is 0.0978. The van der Waals surface area contributed by atoms with Crippen molar-refractivity contribution in [1.82, 2.24) is 9.97 Å². The lowest BCUT2D eigenvalue weighted by Gasteiger charge is -2.28. The number of carboxylic acids is 1. The van der Waals surface area contributed by atoms with Gasteiger partial charge in [0, 0.05) is 12.7 Å². The molecule has 0 radical (unpaired) electrons. The number of aromatic nitrogens is 2. The molecule has 100 valence electrons. The molecule has 1 aromatic rings. The number of hydrogen-bond acceptors (Lipinski definition) is 5. The fourth-order valence-electron chi connectivity index (χ4n) is 2.51. The van der Waals surface area contributed by atoms with E-state index in [9.17, 15) is 9.90 Å². The van der Waals surface area contributed by atoms with Crippen molar-refractivity contribution in [3.8, 4) is 6.07 Å². The third kappa shape index (κ3) is 3.41. The SMILES string of the molecule is N#Cc1ccnc(NCC2CCCCC2C(=O)O)n1. The van der Waals surface area contributed by atoms with E-state index < -0.39 is 5.97 Å². The summed E-state index contributed by atoms with van der Waals surface area (Å²) >= 11 is 0. The average molecular weight is 260 g/mol. The summed E-state index contributed by atoms with van der Waals surface area (Å²) in [6.45, 7) is 0.534. The molecule has 2 N–H and O–H groups in total. The van der Waals surface area contributed by atoms with E-state index in [1.54, 1.807) is 0 Å². The first-order valence-electron chi connectivity index (χ1n) is 6.40. The zero-order chi connectivity index (χ0) is 13.7. The number of carbonyl (C=O) groups is 1. The second kappa shape index (κ2) is 6.14. The summed E-state index contributed by atoms with van der Waals surface area (Å²) in [5, 5.41) is 21.0. The van der Waals surface area contributed by atoms with Gasteiger partial charge in [-0.15, -0.1) is 0 Å². The van der Waals surface area contributed by atoms with E-state index >= 15 is 0 Å². The second-order valence-corrected chi connectivity index (χ2v) is 4.75. The maximum absolute atomic E-state index is 11.2. The van der Waals surface area contributed by atoms with Gasteiger partial charge in [0.05, 0.1) is 5.92 Å². The molecule has 6 nitrogen and oxygen atoms in total. The Balaban J connectivity index is 1.96. The van der Waals surface area contributed by atoms with Gasteiger partial charge in [-0.1, -0.05) is 12.8 Å². The van der Waals surface area contributed by atoms with Crippen LogP contribution in [-0.4, -0.2) is 27.6 Å². The number of aliphatic carboxylic acids is 1. The molecule has 1 saturated carbocycles. The molecular weight excluding hydrogens is 244 g/mol. The van der Waals surface area contributed by atoms with Gasteiger partial charge in [-0.3, -0.25) is 4.79 Å². The lowest BCUT2D eigenvalue weighted by molar-refractivity contribution is -0.144. The predicted molar refractivity (Wildman–Crippen MR) is 68.3 cm³/mol. The third-order valence-electron chi connectivity index (χ3n) is 3.52. The lowest BCUT2D eigenvalue weighted by Crippen LogP contribution is -2.32. The summed E-state index contributed by atoms with van der Waals surface area (Å²) in [5.41, 5.74) is 0.302. The standard InChI is InChI=1S/C13H16N4O2/c14-7-10-5-6-15-13(17-10)16-8-9-3-1-2-4-11(9)12(18)19/h5-6,9,11H,1-4,8H2,(H,18,19)(H,15,16,17). The van der Waals surface area contributed by atoms with E-state index in [0.29, 0.717) is 18.2 Å². The first-order valence-corrected chi connectivity index (χ1v) is 6.40. The summed E-state index contributed by atoms with van der Waals surface area (Å²) in [6, 6.07) is 3.48. The summed E-state index contributed by atoms with van der Waals surface area (Å²) in [7, 11) is 0. The molecule has 1 aliphatic carbocycles. The van der Waals surface area contributed by atoms with Crippen molar-refractivity contribution in [2.24, 2.45) is 11.8 Å². The third-order valence-corrected chi connectivity index (χ3v) is 3.52. The number of nitrogens with zero attached hydrogens (tertiary/aromatic N) is 3. The van der Waals surface area contributed by atoms with Gasteiger partial charge >= 0.3 is 5.97 Å². The van der Waals surface area contributed by atoms with E-state index in [1.807, 2.05) is 6.07 Å². The van der Waals surface area contributed by atoms with Crippen LogP contribution in [0.3, 0.4) is 0 Å². The Bertz CT molecular complexity index is 498. The maximum atomic E-state index is 11.2. The average Bonchev–Trinajstić information content (AvgIpc) is 2.45. The molecule has 1 fully saturated rings. The molecule has 0 spiro atoms. The summed E-state index contributed by atoms with van der Waals surface area (Å²) in [6.07, 6.45) is 5.20. The molecule has 0 aromatic carbocycles. The molecule has 0 bridgehead atoms. The maximum Gasteiger partial charge on any atom is 0.306 e. The molecule has 0 amide bonds. The quantitative estimate of drug-likeness (QED) is 0.854. The van der Waals surface area contributed by atoms with Gasteiger partial charge in [0.15, 0.2) is 0 Å². The first-order chi connectivity index (χ1) is 9.20. The molecule has 0 saturated heterocycles. The van der Waals surface area contributed by atoms with Gasteiger partial charge < -0.3 is 10.4 Å². The smallest absolute Gasteiger partial charge is 0.306 e. The highest BCUT2D eigenvalue weighted by Crippen LogP contribution is 2.30. The van der Waals surface area contributed by atoms with E-state index in [-0.39, 0.29) is 11.8 Å². The van der Waals surface area contributed by atoms with Gasteiger partial charge in [-0.25, -0.2) is 9.97 Å². The van der Waals surface area contributed by atoms with Crippen LogP contribution in [0.15, 0.2) is 12.3 Å². The Morgan fingerprint density at radius 1 is 1.53 bits per heavy atom. The van der Waals surface area contributed by atoms with Gasteiger partial charge in [-0.05, 0) is 24.8 Å². The van der Waals surface area contributed by atoms with Crippen molar-refractivity contribution < 1.29 is 9.90 Å². The van der Waals surface area contributed by atoms with Crippen molar-refractivity contribution in [2.75, 3.05) is 11.9 Å². The van der Waals surface area contributed by atoms with Crippen LogP contribution < -0.4 is 5.32 Å². The van der Waals surface area contributed by atoms with Crippen LogP contribution in [0, 0.1) is 23.2 Å². The fraction of sp³-hybridized carbons (Fsp3) is 0.538. The Hall–Kier alpha value is -2.16. The molecule has 2 atom stereocenters. The van der Waals surface area contributed by atoms with Crippen LogP contribution in [0.25, 0.3) is 0 Å². The molecule has 19 heavy (non-hydrogen) atoms. The van der Waals surface area contributed by atoms with Crippen LogP contribution in [0.5, 0.6) is 0 Å². The van der Waals surface area contributed by atoms with E-state index in [0.717, 1.165) is 25.7 Å². The van der Waals surface area contributed by atoms with Crippen molar-refractivity contribution in [1.29, 1.82) is 5.26 Å². The molecular formula is C13H16N4O2. The van der Waals surface area contributed by atoms with E-state index in [4.69, 9.17) is 5.26 Å². The van der Waals surface area contributed by atoms with Crippen molar-refractivity contribution in [3.63, 3.8) is 0 Å². The van der Waals surface area contributed by atoms with Crippen LogP contribution in [0.2, 0.25) is 0 Å². The summed E-state index contributed by atoms with van der Waals surface area (Å²) in [4.78, 5) is 19.2. The van der Waals surface area contributed by atoms with Gasteiger partial charge in [0.25, 0.3) is 0 Å². The van der Waals surface area contributed by atoms with Crippen LogP contribution in [0.1, 0.15) is 31.4 Å². The Morgan fingerprint density at radius 3 is 3.05 bits per heavy atom. The zero-order valence-electron chi connectivity index (χ0n) is 10.5. The van der Waals surface area contributed by atoms with Gasteiger partial charge in [0.1, 0.15) is 11.8 Å². The molecule has 6 heteroatoms. The lowest BCUT2D eigenvalue weighted by atomic mass is 9.79. The van der Waals surface area contributed by atoms with Crippen LogP contribution >= 0.6 is 0 Å². The zero-order valence-corrected chi connectivity index (χ0v) is 10.5. The van der Waals surface area contributed by atoms with Gasteiger partial charge in [-0.2, -0.15) is 5.26 Å². The Morgan fingerprint density at radius 2 is 2.32 bits per heavy atom. The predicted octanol–water partition coefficient (Wildman–Crippen LogP) is 1.65. The highest BCUT2D eigenvalue weighted by Gasteiger charge is 2.30. The number of hydrogen-bond donors (Lipinski definition) is 2. The Labute approximate surface area is 111 Å². The van der Waals surface area contributed by atoms with Crippen molar-refractivity contribution in [3.05, 3.63) is 18.0 Å². The molecule has 1 heterocycles. The number of nitriles is 1. The highest BCUT2D eigenvalue weighted by atomic mass is 16.4. The monoisotopic (exact) mass is 260 g/mol. The largest absolute Gasteiger partial charge is 0.481 e. The Kier molecular flexibility index (Phi) is 4.29. The second-order valence-electron chi connectivity index (χ2n) is 4.75. The summed E-state index contributed by atoms with van der Waals surface area (Å²) < 4.78 is 0. The van der Waals surface area contributed by atoms with Crippen LogP contribution in [-0.2, 0) is 4.79 Å². The number of nitrogens with one attached hydrogen (secondary N) is 1. The highest BCUT2D eigenvalue weighted by molar-refractivity contribution is 5.70. The number of rotatable bonds is 4. The molecule has 2 rings (SSSR count). The topological polar surface area (TPSA) is 98.9 Å². The number of anilines is 1. The minimum atomic E-state index is -0.724. The van der Waals surface area contributed by atoms with E-state index in [2.05, 4.69) is 15.3 Å². The normalized spacial score (nSPS) is 22.5. The summed E-state index contributed by atoms with van der Waals surface area (Å²) in [5.74, 6) is -0.534. The van der Waals surface area contributed by atoms with Gasteiger partial charge in [0.2, 0.25) is 5.95 Å². The van der Waals surface area contributed by atoms with Crippen molar-refractivity contribution >= 4 is 11.9 Å². The number of carboxylic acid groups (broad SMARTS) is 1.